The van der Waals surface area contributed by atoms with Gasteiger partial charge in [0.1, 0.15) is 11.8 Å². The number of carbonyl (C=O) groups is 2. The molecule has 0 spiro atoms. The van der Waals surface area contributed by atoms with Gasteiger partial charge in [-0.2, -0.15) is 0 Å². The van der Waals surface area contributed by atoms with Crippen molar-refractivity contribution in [2.24, 2.45) is 0 Å². The summed E-state index contributed by atoms with van der Waals surface area (Å²) in [7, 11) is 0. The number of rotatable bonds is 11. The third-order valence-electron chi connectivity index (χ3n) is 6.24. The van der Waals surface area contributed by atoms with Gasteiger partial charge in [-0.1, -0.05) is 95.7 Å². The second-order valence-electron chi connectivity index (χ2n) is 9.04. The predicted octanol–water partition coefficient (Wildman–Crippen LogP) is 6.91. The molecule has 1 atom stereocenters. The van der Waals surface area contributed by atoms with Crippen molar-refractivity contribution < 1.29 is 14.3 Å². The van der Waals surface area contributed by atoms with Crippen molar-refractivity contribution in [3.8, 4) is 5.75 Å². The van der Waals surface area contributed by atoms with E-state index in [1.165, 1.54) is 0 Å². The van der Waals surface area contributed by atoms with Crippen LogP contribution < -0.4 is 10.1 Å². The lowest BCUT2D eigenvalue weighted by Gasteiger charge is -2.31. The number of halogens is 2. The lowest BCUT2D eigenvalue weighted by molar-refractivity contribution is -0.142. The molecule has 2 amide bonds. The minimum Gasteiger partial charge on any atom is -0.483 e. The van der Waals surface area contributed by atoms with E-state index in [4.69, 9.17) is 4.74 Å². The van der Waals surface area contributed by atoms with E-state index in [1.807, 2.05) is 97.9 Å². The largest absolute Gasteiger partial charge is 0.483 e. The Morgan fingerprint density at radius 2 is 1.63 bits per heavy atom. The molecule has 0 aliphatic rings. The molecule has 0 unspecified atom stereocenters. The van der Waals surface area contributed by atoms with E-state index < -0.39 is 6.04 Å². The summed E-state index contributed by atoms with van der Waals surface area (Å²) in [4.78, 5) is 28.8. The molecule has 0 bridgehead atoms. The van der Waals surface area contributed by atoms with Crippen LogP contribution in [0, 0.1) is 0 Å². The molecule has 0 aromatic heterocycles. The molecule has 4 aromatic carbocycles. The Morgan fingerprint density at radius 3 is 2.39 bits per heavy atom. The van der Waals surface area contributed by atoms with Crippen LogP contribution in [0.2, 0.25) is 0 Å². The van der Waals surface area contributed by atoms with E-state index in [2.05, 4.69) is 37.2 Å². The molecule has 38 heavy (non-hydrogen) atoms. The van der Waals surface area contributed by atoms with Crippen LogP contribution in [0.25, 0.3) is 10.8 Å². The summed E-state index contributed by atoms with van der Waals surface area (Å²) in [5.41, 5.74) is 1.90. The van der Waals surface area contributed by atoms with Crippen LogP contribution in [0.3, 0.4) is 0 Å². The van der Waals surface area contributed by atoms with E-state index in [0.29, 0.717) is 18.7 Å². The molecule has 196 valence electrons. The van der Waals surface area contributed by atoms with Gasteiger partial charge in [0, 0.05) is 24.0 Å². The minimum absolute atomic E-state index is 0.175. The van der Waals surface area contributed by atoms with Crippen molar-refractivity contribution in [2.45, 2.75) is 32.4 Å². The fourth-order valence-corrected chi connectivity index (χ4v) is 5.35. The Morgan fingerprint density at radius 1 is 0.895 bits per heavy atom. The summed E-state index contributed by atoms with van der Waals surface area (Å²) < 4.78 is 7.74. The maximum Gasteiger partial charge on any atom is 0.261 e. The molecule has 0 fully saturated rings. The second-order valence-corrected chi connectivity index (χ2v) is 10.7. The molecule has 4 aromatic rings. The van der Waals surface area contributed by atoms with Gasteiger partial charge in [0.2, 0.25) is 5.91 Å². The van der Waals surface area contributed by atoms with Crippen molar-refractivity contribution in [2.75, 3.05) is 13.2 Å². The zero-order chi connectivity index (χ0) is 26.9. The summed E-state index contributed by atoms with van der Waals surface area (Å²) in [6.45, 7) is 2.63. The lowest BCUT2D eigenvalue weighted by atomic mass is 10.0. The Hall–Kier alpha value is -3.16. The third-order valence-corrected chi connectivity index (χ3v) is 7.55. The number of nitrogens with one attached hydrogen (secondary N) is 1. The van der Waals surface area contributed by atoms with Crippen molar-refractivity contribution in [3.05, 3.63) is 111 Å². The molecular formula is C31H30Br2N2O3. The van der Waals surface area contributed by atoms with Crippen LogP contribution in [0.1, 0.15) is 24.5 Å². The highest BCUT2D eigenvalue weighted by molar-refractivity contribution is 9.11. The SMILES string of the molecule is CCCNC(=O)[C@@H](Cc1ccccc1)N(Cc1cccc(Br)c1)C(=O)COc1ccc2ccccc2c1Br. The number of carbonyl (C=O) groups excluding carboxylic acids is 2. The van der Waals surface area contributed by atoms with Gasteiger partial charge < -0.3 is 15.0 Å². The molecule has 1 N–H and O–H groups in total. The van der Waals surface area contributed by atoms with E-state index in [1.54, 1.807) is 4.90 Å². The van der Waals surface area contributed by atoms with Gasteiger partial charge >= 0.3 is 0 Å². The molecule has 0 aliphatic heterocycles. The highest BCUT2D eigenvalue weighted by atomic mass is 79.9. The van der Waals surface area contributed by atoms with E-state index in [0.717, 1.165) is 37.3 Å². The van der Waals surface area contributed by atoms with Crippen LogP contribution in [-0.4, -0.2) is 35.9 Å². The number of hydrogen-bond donors (Lipinski definition) is 1. The average Bonchev–Trinajstić information content (AvgIpc) is 2.94. The van der Waals surface area contributed by atoms with Gasteiger partial charge in [0.15, 0.2) is 6.61 Å². The van der Waals surface area contributed by atoms with Gasteiger partial charge in [-0.05, 0) is 62.4 Å². The second kappa shape index (κ2) is 13.6. The van der Waals surface area contributed by atoms with Crippen molar-refractivity contribution >= 4 is 54.4 Å². The smallest absolute Gasteiger partial charge is 0.261 e. The Balaban J connectivity index is 1.63. The highest BCUT2D eigenvalue weighted by Crippen LogP contribution is 2.33. The molecule has 0 heterocycles. The minimum atomic E-state index is -0.695. The van der Waals surface area contributed by atoms with Crippen molar-refractivity contribution in [3.63, 3.8) is 0 Å². The first-order valence-electron chi connectivity index (χ1n) is 12.6. The first kappa shape index (κ1) is 27.9. The quantitative estimate of drug-likeness (QED) is 0.194. The first-order valence-corrected chi connectivity index (χ1v) is 14.2. The number of hydrogen-bond acceptors (Lipinski definition) is 3. The van der Waals surface area contributed by atoms with Crippen LogP contribution in [-0.2, 0) is 22.6 Å². The van der Waals surface area contributed by atoms with E-state index in [-0.39, 0.29) is 25.0 Å². The molecule has 0 saturated heterocycles. The maximum absolute atomic E-state index is 13.8. The Labute approximate surface area is 240 Å². The summed E-state index contributed by atoms with van der Waals surface area (Å²) >= 11 is 7.16. The first-order chi connectivity index (χ1) is 18.5. The number of benzene rings is 4. The number of amides is 2. The van der Waals surface area contributed by atoms with E-state index in [9.17, 15) is 9.59 Å². The normalized spacial score (nSPS) is 11.7. The molecule has 5 nitrogen and oxygen atoms in total. The molecule has 4 rings (SSSR count). The topological polar surface area (TPSA) is 58.6 Å². The fraction of sp³-hybridized carbons (Fsp3) is 0.226. The molecule has 0 aliphatic carbocycles. The van der Waals surface area contributed by atoms with Crippen LogP contribution in [0.4, 0.5) is 0 Å². The van der Waals surface area contributed by atoms with Crippen molar-refractivity contribution in [1.29, 1.82) is 0 Å². The number of nitrogens with zero attached hydrogens (tertiary/aromatic N) is 1. The summed E-state index contributed by atoms with van der Waals surface area (Å²) in [5, 5.41) is 5.08. The molecule has 0 radical (unpaired) electrons. The molecular weight excluding hydrogens is 608 g/mol. The van der Waals surface area contributed by atoms with Crippen LogP contribution >= 0.6 is 31.9 Å². The molecule has 7 heteroatoms. The van der Waals surface area contributed by atoms with E-state index >= 15 is 0 Å². The van der Waals surface area contributed by atoms with Crippen LogP contribution in [0.5, 0.6) is 5.75 Å². The monoisotopic (exact) mass is 636 g/mol. The summed E-state index contributed by atoms with van der Waals surface area (Å²) in [6, 6.07) is 28.7. The molecule has 0 saturated carbocycles. The van der Waals surface area contributed by atoms with Crippen molar-refractivity contribution in [1.82, 2.24) is 10.2 Å². The zero-order valence-corrected chi connectivity index (χ0v) is 24.4. The Bertz CT molecular complexity index is 1390. The lowest BCUT2D eigenvalue weighted by Crippen LogP contribution is -2.51. The average molecular weight is 638 g/mol. The third kappa shape index (κ3) is 7.23. The fourth-order valence-electron chi connectivity index (χ4n) is 4.30. The van der Waals surface area contributed by atoms with Gasteiger partial charge in [-0.3, -0.25) is 9.59 Å². The van der Waals surface area contributed by atoms with Crippen LogP contribution in [0.15, 0.2) is 99.9 Å². The number of fused-ring (bicyclic) bond motifs is 1. The van der Waals surface area contributed by atoms with Gasteiger partial charge in [-0.15, -0.1) is 0 Å². The number of ether oxygens (including phenoxy) is 1. The Kier molecular flexibility index (Phi) is 9.96. The van der Waals surface area contributed by atoms with Gasteiger partial charge in [0.05, 0.1) is 4.47 Å². The standard InChI is InChI=1S/C31H30Br2N2O3/c1-2-17-34-31(37)27(19-22-9-4-3-5-10-22)35(20-23-11-8-13-25(32)18-23)29(36)21-38-28-16-15-24-12-6-7-14-26(24)30(28)33/h3-16,18,27H,2,17,19-21H2,1H3,(H,34,37)/t27-/m1/s1. The van der Waals surface area contributed by atoms with Gasteiger partial charge in [0.25, 0.3) is 5.91 Å². The predicted molar refractivity (Wildman–Crippen MR) is 159 cm³/mol. The summed E-state index contributed by atoms with van der Waals surface area (Å²) in [5.74, 6) is 0.137. The van der Waals surface area contributed by atoms with Gasteiger partial charge in [-0.25, -0.2) is 0 Å². The maximum atomic E-state index is 13.8. The zero-order valence-electron chi connectivity index (χ0n) is 21.2. The highest BCUT2D eigenvalue weighted by Gasteiger charge is 2.30. The summed E-state index contributed by atoms with van der Waals surface area (Å²) in [6.07, 6.45) is 1.21.